The van der Waals surface area contributed by atoms with E-state index in [-0.39, 0.29) is 17.4 Å². The molecule has 2 atom stereocenters. The average Bonchev–Trinajstić information content (AvgIpc) is 3.34. The van der Waals surface area contributed by atoms with Gasteiger partial charge in [-0.25, -0.2) is 0 Å². The quantitative estimate of drug-likeness (QED) is 0.156. The van der Waals surface area contributed by atoms with Crippen LogP contribution in [0.3, 0.4) is 0 Å². The van der Waals surface area contributed by atoms with Gasteiger partial charge in [0.25, 0.3) is 0 Å². The number of ether oxygens (including phenoxy) is 2. The lowest BCUT2D eigenvalue weighted by molar-refractivity contribution is -0.147. The first-order chi connectivity index (χ1) is 20.5. The number of hydrogen-bond donors (Lipinski definition) is 0. The molecular formula is C37H68N2O4. The van der Waals surface area contributed by atoms with Crippen molar-refractivity contribution in [2.24, 2.45) is 28.6 Å². The lowest BCUT2D eigenvalue weighted by Gasteiger charge is -2.42. The van der Waals surface area contributed by atoms with Crippen LogP contribution in [0.1, 0.15) is 144 Å². The number of hydrogen-bond acceptors (Lipinski definition) is 6. The number of esters is 2. The summed E-state index contributed by atoms with van der Waals surface area (Å²) in [7, 11) is 0. The maximum Gasteiger partial charge on any atom is 0.307 e. The standard InChI is InChI=1S/C37H68N2O4/c1-7-36(4,5)17-24-42-34(40)16-22-38-19-10-12-30(14-21-38)26-31-13-11-20-39(23-15-31)33-27-32(28-33)29-35(41)43-25-18-37(6,8-2)9-3/h30-33H,7-29H2,1-6H3. The molecule has 0 bridgehead atoms. The molecule has 2 aliphatic heterocycles. The molecule has 0 spiro atoms. The Hall–Kier alpha value is -1.14. The Labute approximate surface area is 265 Å². The van der Waals surface area contributed by atoms with Crippen LogP contribution in [0.2, 0.25) is 0 Å². The van der Waals surface area contributed by atoms with E-state index in [4.69, 9.17) is 9.47 Å². The minimum Gasteiger partial charge on any atom is -0.466 e. The molecule has 1 aliphatic carbocycles. The monoisotopic (exact) mass is 605 g/mol. The van der Waals surface area contributed by atoms with E-state index in [2.05, 4.69) is 51.3 Å². The summed E-state index contributed by atoms with van der Waals surface area (Å²) in [5, 5.41) is 0. The van der Waals surface area contributed by atoms with Crippen LogP contribution >= 0.6 is 0 Å². The van der Waals surface area contributed by atoms with Crippen molar-refractivity contribution >= 4 is 11.9 Å². The van der Waals surface area contributed by atoms with E-state index in [0.29, 0.717) is 43.4 Å². The fourth-order valence-corrected chi connectivity index (χ4v) is 7.36. The van der Waals surface area contributed by atoms with Crippen molar-refractivity contribution in [1.82, 2.24) is 9.80 Å². The second-order valence-electron chi connectivity index (χ2n) is 15.6. The number of carbonyl (C=O) groups is 2. The molecule has 3 rings (SSSR count). The summed E-state index contributed by atoms with van der Waals surface area (Å²) in [6.07, 6.45) is 18.0. The number of likely N-dealkylation sites (tertiary alicyclic amines) is 2. The predicted molar refractivity (Wildman–Crippen MR) is 177 cm³/mol. The van der Waals surface area contributed by atoms with Gasteiger partial charge >= 0.3 is 11.9 Å². The highest BCUT2D eigenvalue weighted by Gasteiger charge is 2.36. The molecule has 43 heavy (non-hydrogen) atoms. The van der Waals surface area contributed by atoms with Crippen molar-refractivity contribution in [3.8, 4) is 0 Å². The minimum atomic E-state index is -0.0320. The molecule has 0 amide bonds. The van der Waals surface area contributed by atoms with Gasteiger partial charge in [-0.1, -0.05) is 60.8 Å². The molecule has 2 saturated heterocycles. The van der Waals surface area contributed by atoms with Crippen LogP contribution in [-0.2, 0) is 19.1 Å². The minimum absolute atomic E-state index is 0.0161. The van der Waals surface area contributed by atoms with Crippen LogP contribution in [-0.4, -0.2) is 73.7 Å². The molecule has 250 valence electrons. The summed E-state index contributed by atoms with van der Waals surface area (Å²) >= 11 is 0. The number of nitrogens with zero attached hydrogens (tertiary/aromatic N) is 2. The lowest BCUT2D eigenvalue weighted by atomic mass is 9.77. The summed E-state index contributed by atoms with van der Waals surface area (Å²) in [6, 6.07) is 0.677. The Bertz CT molecular complexity index is 819. The van der Waals surface area contributed by atoms with Crippen LogP contribution < -0.4 is 0 Å². The second kappa shape index (κ2) is 18.1. The van der Waals surface area contributed by atoms with Crippen molar-refractivity contribution in [3.05, 3.63) is 0 Å². The molecular weight excluding hydrogens is 536 g/mol. The first kappa shape index (κ1) is 36.3. The van der Waals surface area contributed by atoms with Gasteiger partial charge in [0, 0.05) is 19.0 Å². The third kappa shape index (κ3) is 13.0. The van der Waals surface area contributed by atoms with Gasteiger partial charge in [-0.2, -0.15) is 0 Å². The molecule has 0 radical (unpaired) electrons. The third-order valence-corrected chi connectivity index (χ3v) is 12.0. The Kier molecular flexibility index (Phi) is 15.3. The molecule has 2 heterocycles. The van der Waals surface area contributed by atoms with Crippen molar-refractivity contribution in [2.45, 2.75) is 150 Å². The average molecular weight is 605 g/mol. The van der Waals surface area contributed by atoms with Crippen molar-refractivity contribution < 1.29 is 19.1 Å². The second-order valence-corrected chi connectivity index (χ2v) is 15.6. The van der Waals surface area contributed by atoms with Gasteiger partial charge < -0.3 is 19.3 Å². The summed E-state index contributed by atoms with van der Waals surface area (Å²) in [4.78, 5) is 29.9. The SMILES string of the molecule is CCC(C)(C)CCOC(=O)CCN1CCCC(CC2CCCN(C3CC(CC(=O)OCCC(C)(CC)CC)C3)CC2)CC1. The smallest absolute Gasteiger partial charge is 0.307 e. The topological polar surface area (TPSA) is 59.1 Å². The largest absolute Gasteiger partial charge is 0.466 e. The fourth-order valence-electron chi connectivity index (χ4n) is 7.36. The Balaban J connectivity index is 1.27. The Morgan fingerprint density at radius 1 is 0.721 bits per heavy atom. The van der Waals surface area contributed by atoms with Gasteiger partial charge in [0.05, 0.1) is 19.6 Å². The number of carbonyl (C=O) groups excluding carboxylic acids is 2. The van der Waals surface area contributed by atoms with Gasteiger partial charge in [-0.3, -0.25) is 9.59 Å². The van der Waals surface area contributed by atoms with Crippen LogP contribution in [0.25, 0.3) is 0 Å². The first-order valence-corrected chi connectivity index (χ1v) is 18.3. The van der Waals surface area contributed by atoms with Crippen molar-refractivity contribution in [1.29, 1.82) is 0 Å². The molecule has 0 aromatic carbocycles. The Morgan fingerprint density at radius 3 is 2.02 bits per heavy atom. The fraction of sp³-hybridized carbons (Fsp3) is 0.946. The van der Waals surface area contributed by atoms with E-state index in [9.17, 15) is 9.59 Å². The van der Waals surface area contributed by atoms with E-state index < -0.39 is 0 Å². The zero-order chi connectivity index (χ0) is 31.3. The molecule has 0 aromatic rings. The first-order valence-electron chi connectivity index (χ1n) is 18.3. The predicted octanol–water partition coefficient (Wildman–Crippen LogP) is 8.27. The molecule has 2 unspecified atom stereocenters. The van der Waals surface area contributed by atoms with Gasteiger partial charge in [0.15, 0.2) is 0 Å². The van der Waals surface area contributed by atoms with Crippen molar-refractivity contribution in [2.75, 3.05) is 45.9 Å². The van der Waals surface area contributed by atoms with E-state index in [1.807, 2.05) is 0 Å². The highest BCUT2D eigenvalue weighted by Crippen LogP contribution is 2.37. The molecule has 3 aliphatic rings. The molecule has 0 aromatic heterocycles. The summed E-state index contributed by atoms with van der Waals surface area (Å²) < 4.78 is 11.2. The lowest BCUT2D eigenvalue weighted by Crippen LogP contribution is -2.45. The van der Waals surface area contributed by atoms with Crippen LogP contribution in [0.4, 0.5) is 0 Å². The summed E-state index contributed by atoms with van der Waals surface area (Å²) in [6.45, 7) is 20.1. The van der Waals surface area contributed by atoms with E-state index in [1.54, 1.807) is 0 Å². The van der Waals surface area contributed by atoms with E-state index in [0.717, 1.165) is 63.6 Å². The van der Waals surface area contributed by atoms with Crippen molar-refractivity contribution in [3.63, 3.8) is 0 Å². The normalized spacial score (nSPS) is 26.3. The summed E-state index contributed by atoms with van der Waals surface area (Å²) in [5.74, 6) is 2.19. The third-order valence-electron chi connectivity index (χ3n) is 12.0. The van der Waals surface area contributed by atoms with Crippen LogP contribution in [0.15, 0.2) is 0 Å². The summed E-state index contributed by atoms with van der Waals surface area (Å²) in [5.41, 5.74) is 0.546. The Morgan fingerprint density at radius 2 is 1.35 bits per heavy atom. The maximum absolute atomic E-state index is 12.4. The molecule has 1 saturated carbocycles. The van der Waals surface area contributed by atoms with Gasteiger partial charge in [0.1, 0.15) is 0 Å². The maximum atomic E-state index is 12.4. The van der Waals surface area contributed by atoms with E-state index in [1.165, 1.54) is 70.9 Å². The molecule has 6 heteroatoms. The highest BCUT2D eigenvalue weighted by atomic mass is 16.5. The van der Waals surface area contributed by atoms with Gasteiger partial charge in [-0.05, 0) is 125 Å². The van der Waals surface area contributed by atoms with E-state index >= 15 is 0 Å². The molecule has 3 fully saturated rings. The molecule has 0 N–H and O–H groups in total. The zero-order valence-electron chi connectivity index (χ0n) is 29.1. The zero-order valence-corrected chi connectivity index (χ0v) is 29.1. The van der Waals surface area contributed by atoms with Gasteiger partial charge in [0.2, 0.25) is 0 Å². The highest BCUT2D eigenvalue weighted by molar-refractivity contribution is 5.70. The van der Waals surface area contributed by atoms with Crippen LogP contribution in [0, 0.1) is 28.6 Å². The van der Waals surface area contributed by atoms with Crippen LogP contribution in [0.5, 0.6) is 0 Å². The number of rotatable bonds is 17. The van der Waals surface area contributed by atoms with Gasteiger partial charge in [-0.15, -0.1) is 0 Å². The molecule has 6 nitrogen and oxygen atoms in total.